The van der Waals surface area contributed by atoms with Gasteiger partial charge in [-0.15, -0.1) is 11.3 Å². The van der Waals surface area contributed by atoms with Gasteiger partial charge in [0.05, 0.1) is 31.7 Å². The van der Waals surface area contributed by atoms with Crippen LogP contribution >= 0.6 is 11.3 Å². The van der Waals surface area contributed by atoms with Gasteiger partial charge in [0.15, 0.2) is 0 Å². The summed E-state index contributed by atoms with van der Waals surface area (Å²) in [4.78, 5) is 17.8. The molecule has 150 valence electrons. The minimum Gasteiger partial charge on any atom is -0.379 e. The van der Waals surface area contributed by atoms with E-state index in [1.807, 2.05) is 6.92 Å². The van der Waals surface area contributed by atoms with Gasteiger partial charge in [0, 0.05) is 30.4 Å². The molecule has 1 N–H and O–H groups in total. The third-order valence-corrected chi connectivity index (χ3v) is 6.02. The highest BCUT2D eigenvalue weighted by Gasteiger charge is 2.18. The van der Waals surface area contributed by atoms with E-state index in [-0.39, 0.29) is 12.4 Å². The predicted molar refractivity (Wildman–Crippen MR) is 104 cm³/mol. The Balaban J connectivity index is 1.63. The Morgan fingerprint density at radius 3 is 2.79 bits per heavy atom. The summed E-state index contributed by atoms with van der Waals surface area (Å²) < 4.78 is 32.4. The Morgan fingerprint density at radius 1 is 1.25 bits per heavy atom. The van der Waals surface area contributed by atoms with Gasteiger partial charge in [-0.25, -0.2) is 15.0 Å². The average Bonchev–Trinajstić information content (AvgIpc) is 3.25. The Hall–Kier alpha value is -2.17. The normalized spacial score (nSPS) is 15.6. The van der Waals surface area contributed by atoms with Crippen molar-refractivity contribution < 1.29 is 13.5 Å². The number of imidazole rings is 1. The molecule has 1 fully saturated rings. The van der Waals surface area contributed by atoms with E-state index in [1.54, 1.807) is 11.3 Å². The van der Waals surface area contributed by atoms with E-state index in [1.165, 1.54) is 17.3 Å². The van der Waals surface area contributed by atoms with Crippen LogP contribution < -0.4 is 5.32 Å². The first-order valence-corrected chi connectivity index (χ1v) is 9.95. The van der Waals surface area contributed by atoms with Crippen LogP contribution in [-0.4, -0.2) is 50.7 Å². The summed E-state index contributed by atoms with van der Waals surface area (Å²) in [5, 5.41) is 4.16. The lowest BCUT2D eigenvalue weighted by atomic mass is 10.2. The number of ether oxygens (including phenoxy) is 1. The molecule has 0 atom stereocenters. The number of anilines is 1. The van der Waals surface area contributed by atoms with Crippen LogP contribution in [0.5, 0.6) is 0 Å². The maximum Gasteiger partial charge on any atom is 0.319 e. The molecule has 7 nitrogen and oxygen atoms in total. The average molecular weight is 408 g/mol. The largest absolute Gasteiger partial charge is 0.379 e. The molecule has 0 amide bonds. The summed E-state index contributed by atoms with van der Waals surface area (Å²) in [5.41, 5.74) is 1.11. The fraction of sp³-hybridized carbons (Fsp3) is 0.500. The van der Waals surface area contributed by atoms with Crippen LogP contribution in [0.4, 0.5) is 14.6 Å². The van der Waals surface area contributed by atoms with Crippen molar-refractivity contribution in [1.82, 2.24) is 24.4 Å². The van der Waals surface area contributed by atoms with Crippen LogP contribution in [0.3, 0.4) is 0 Å². The smallest absolute Gasteiger partial charge is 0.319 e. The van der Waals surface area contributed by atoms with E-state index >= 15 is 0 Å². The quantitative estimate of drug-likeness (QED) is 0.675. The second kappa shape index (κ2) is 8.06. The van der Waals surface area contributed by atoms with Crippen molar-refractivity contribution in [3.8, 4) is 0 Å². The second-order valence-corrected chi connectivity index (χ2v) is 7.93. The molecule has 4 rings (SSSR count). The minimum absolute atomic E-state index is 0.161. The molecule has 10 heteroatoms. The third kappa shape index (κ3) is 3.85. The fourth-order valence-corrected chi connectivity index (χ4v) is 4.32. The first-order chi connectivity index (χ1) is 13.5. The molecule has 0 bridgehead atoms. The number of morpholine rings is 1. The number of fused-ring (bicyclic) bond motifs is 1. The Morgan fingerprint density at radius 2 is 2.04 bits per heavy atom. The van der Waals surface area contributed by atoms with Crippen molar-refractivity contribution in [2.75, 3.05) is 31.6 Å². The highest BCUT2D eigenvalue weighted by molar-refractivity contribution is 7.18. The van der Waals surface area contributed by atoms with Crippen molar-refractivity contribution in [3.63, 3.8) is 0 Å². The number of nitrogens with one attached hydrogen (secondary N) is 1. The zero-order chi connectivity index (χ0) is 19.7. The Bertz CT molecular complexity index is 967. The number of aryl methyl sites for hydroxylation is 2. The molecule has 3 aromatic heterocycles. The van der Waals surface area contributed by atoms with Gasteiger partial charge in [-0.3, -0.25) is 9.47 Å². The lowest BCUT2D eigenvalue weighted by Gasteiger charge is -2.25. The number of halogens is 2. The molecule has 1 aliphatic heterocycles. The Labute approximate surface area is 165 Å². The van der Waals surface area contributed by atoms with Gasteiger partial charge < -0.3 is 10.1 Å². The second-order valence-electron chi connectivity index (χ2n) is 6.72. The first kappa shape index (κ1) is 19.2. The van der Waals surface area contributed by atoms with Gasteiger partial charge in [-0.1, -0.05) is 0 Å². The Kier molecular flexibility index (Phi) is 5.51. The summed E-state index contributed by atoms with van der Waals surface area (Å²) in [6.45, 7) is 5.37. The predicted octanol–water partition coefficient (Wildman–Crippen LogP) is 3.34. The van der Waals surface area contributed by atoms with Crippen molar-refractivity contribution in [2.24, 2.45) is 0 Å². The molecule has 1 saturated heterocycles. The molecular formula is C18H22F2N6OS. The molecule has 0 aliphatic carbocycles. The molecule has 1 aliphatic rings. The topological polar surface area (TPSA) is 68.1 Å². The molecule has 4 heterocycles. The van der Waals surface area contributed by atoms with E-state index in [4.69, 9.17) is 14.7 Å². The highest BCUT2D eigenvalue weighted by atomic mass is 32.1. The van der Waals surface area contributed by atoms with Crippen molar-refractivity contribution in [2.45, 2.75) is 33.5 Å². The number of hydrogen-bond donors (Lipinski definition) is 1. The molecule has 0 spiro atoms. The first-order valence-electron chi connectivity index (χ1n) is 9.13. The summed E-state index contributed by atoms with van der Waals surface area (Å²) >= 11 is 1.63. The van der Waals surface area contributed by atoms with Crippen LogP contribution in [0.25, 0.3) is 10.2 Å². The van der Waals surface area contributed by atoms with E-state index in [9.17, 15) is 8.78 Å². The number of rotatable bonds is 6. The zero-order valence-corrected chi connectivity index (χ0v) is 16.6. The van der Waals surface area contributed by atoms with Crippen LogP contribution in [0, 0.1) is 13.8 Å². The summed E-state index contributed by atoms with van der Waals surface area (Å²) in [6, 6.07) is 0. The molecule has 0 unspecified atom stereocenters. The van der Waals surface area contributed by atoms with Gasteiger partial charge in [-0.2, -0.15) is 8.78 Å². The monoisotopic (exact) mass is 408 g/mol. The summed E-state index contributed by atoms with van der Waals surface area (Å²) in [5.74, 6) is 1.65. The van der Waals surface area contributed by atoms with Crippen LogP contribution in [0.2, 0.25) is 0 Å². The maximum atomic E-state index is 13.1. The number of hydrogen-bond acceptors (Lipinski definition) is 7. The van der Waals surface area contributed by atoms with Crippen LogP contribution in [0.15, 0.2) is 12.4 Å². The van der Waals surface area contributed by atoms with Gasteiger partial charge in [-0.05, 0) is 19.4 Å². The van der Waals surface area contributed by atoms with Crippen molar-refractivity contribution in [3.05, 3.63) is 34.5 Å². The number of alkyl halides is 2. The lowest BCUT2D eigenvalue weighted by molar-refractivity contribution is 0.0331. The van der Waals surface area contributed by atoms with E-state index in [2.05, 4.69) is 22.1 Å². The molecule has 0 radical (unpaired) electrons. The lowest BCUT2D eigenvalue weighted by Crippen LogP contribution is -2.36. The van der Waals surface area contributed by atoms with Crippen LogP contribution in [-0.2, 0) is 17.8 Å². The van der Waals surface area contributed by atoms with Gasteiger partial charge in [0.1, 0.15) is 22.3 Å². The molecule has 0 saturated carbocycles. The molecular weight excluding hydrogens is 386 g/mol. The van der Waals surface area contributed by atoms with Crippen molar-refractivity contribution in [1.29, 1.82) is 0 Å². The van der Waals surface area contributed by atoms with Gasteiger partial charge in [0.25, 0.3) is 0 Å². The van der Waals surface area contributed by atoms with E-state index in [0.29, 0.717) is 25.6 Å². The standard InChI is InChI=1S/C18H22F2N6OS/c1-11-12(2)28-17-15(11)16(22-9-14-21-3-4-26(14)18(19)20)23-13(24-17)10-25-5-7-27-8-6-25/h3-4,18H,5-10H2,1-2H3,(H,22,23,24). The zero-order valence-electron chi connectivity index (χ0n) is 15.8. The third-order valence-electron chi connectivity index (χ3n) is 4.92. The molecule has 28 heavy (non-hydrogen) atoms. The van der Waals surface area contributed by atoms with Gasteiger partial charge >= 0.3 is 6.55 Å². The summed E-state index contributed by atoms with van der Waals surface area (Å²) in [6.07, 6.45) is 2.66. The number of nitrogens with zero attached hydrogens (tertiary/aromatic N) is 5. The fourth-order valence-electron chi connectivity index (χ4n) is 3.27. The maximum absolute atomic E-state index is 13.1. The SMILES string of the molecule is Cc1sc2nc(CN3CCOCC3)nc(NCc3nccn3C(F)F)c2c1C. The number of thiophene rings is 1. The van der Waals surface area contributed by atoms with E-state index < -0.39 is 6.55 Å². The number of aromatic nitrogens is 4. The summed E-state index contributed by atoms with van der Waals surface area (Å²) in [7, 11) is 0. The minimum atomic E-state index is -2.62. The van der Waals surface area contributed by atoms with Gasteiger partial charge in [0.2, 0.25) is 0 Å². The van der Waals surface area contributed by atoms with Crippen LogP contribution in [0.1, 0.15) is 28.6 Å². The van der Waals surface area contributed by atoms with Crippen molar-refractivity contribution >= 4 is 27.4 Å². The molecule has 0 aromatic carbocycles. The molecule has 3 aromatic rings. The highest BCUT2D eigenvalue weighted by Crippen LogP contribution is 2.33. The van der Waals surface area contributed by atoms with E-state index in [0.717, 1.165) is 39.3 Å².